The molecular weight excluding hydrogens is 224 g/mol. The van der Waals surface area contributed by atoms with Crippen molar-refractivity contribution >= 4 is 0 Å². The number of hydrogen-bond donors (Lipinski definition) is 1. The van der Waals surface area contributed by atoms with Crippen molar-refractivity contribution in [1.82, 2.24) is 4.90 Å². The molecule has 18 heavy (non-hydrogen) atoms. The van der Waals surface area contributed by atoms with Crippen LogP contribution >= 0.6 is 0 Å². The van der Waals surface area contributed by atoms with E-state index >= 15 is 0 Å². The van der Waals surface area contributed by atoms with Crippen LogP contribution < -0.4 is 5.73 Å². The van der Waals surface area contributed by atoms with Crippen LogP contribution in [0.2, 0.25) is 0 Å². The van der Waals surface area contributed by atoms with Crippen molar-refractivity contribution in [3.63, 3.8) is 0 Å². The van der Waals surface area contributed by atoms with Crippen molar-refractivity contribution in [1.29, 1.82) is 0 Å². The zero-order valence-electron chi connectivity index (χ0n) is 12.2. The average molecular weight is 254 g/mol. The molecule has 1 aliphatic carbocycles. The second-order valence-corrected chi connectivity index (χ2v) is 6.21. The molecule has 0 aromatic carbocycles. The summed E-state index contributed by atoms with van der Waals surface area (Å²) in [5.74, 6) is 1.52. The molecule has 1 aliphatic heterocycles. The van der Waals surface area contributed by atoms with E-state index in [0.717, 1.165) is 19.1 Å². The van der Waals surface area contributed by atoms with Crippen LogP contribution in [0, 0.1) is 11.8 Å². The van der Waals surface area contributed by atoms with Gasteiger partial charge in [0.05, 0.1) is 6.61 Å². The van der Waals surface area contributed by atoms with Crippen LogP contribution in [0.4, 0.5) is 0 Å². The quantitative estimate of drug-likeness (QED) is 0.818. The first kappa shape index (κ1) is 14.3. The zero-order valence-corrected chi connectivity index (χ0v) is 12.2. The highest BCUT2D eigenvalue weighted by Crippen LogP contribution is 2.43. The van der Waals surface area contributed by atoms with Crippen LogP contribution in [0.5, 0.6) is 0 Å². The summed E-state index contributed by atoms with van der Waals surface area (Å²) in [5, 5.41) is 0. The number of methoxy groups -OCH3 is 1. The molecule has 0 aromatic rings. The number of hydrogen-bond acceptors (Lipinski definition) is 3. The molecule has 0 radical (unpaired) electrons. The molecule has 2 N–H and O–H groups in total. The van der Waals surface area contributed by atoms with Gasteiger partial charge in [-0.2, -0.15) is 0 Å². The van der Waals surface area contributed by atoms with Crippen LogP contribution in [0.25, 0.3) is 0 Å². The Kier molecular flexibility index (Phi) is 5.05. The number of rotatable bonds is 5. The molecule has 0 aromatic heterocycles. The molecular formula is C15H30N2O. The third kappa shape index (κ3) is 2.59. The van der Waals surface area contributed by atoms with E-state index < -0.39 is 0 Å². The van der Waals surface area contributed by atoms with Gasteiger partial charge in [-0.25, -0.2) is 0 Å². The molecule has 0 spiro atoms. The normalized spacial score (nSPS) is 38.2. The molecule has 2 fully saturated rings. The third-order valence-electron chi connectivity index (χ3n) is 5.32. The molecule has 1 saturated carbocycles. The number of nitrogens with two attached hydrogens (primary N) is 1. The van der Waals surface area contributed by atoms with Gasteiger partial charge in [-0.3, -0.25) is 4.90 Å². The van der Waals surface area contributed by atoms with E-state index in [9.17, 15) is 0 Å². The monoisotopic (exact) mass is 254 g/mol. The first-order valence-electron chi connectivity index (χ1n) is 7.71. The van der Waals surface area contributed by atoms with Crippen LogP contribution in [0.1, 0.15) is 45.4 Å². The lowest BCUT2D eigenvalue weighted by atomic mass is 9.81. The Morgan fingerprint density at radius 1 is 1.33 bits per heavy atom. The Morgan fingerprint density at radius 2 is 2.17 bits per heavy atom. The first-order valence-corrected chi connectivity index (χ1v) is 7.71. The molecule has 0 amide bonds. The minimum absolute atomic E-state index is 0.307. The van der Waals surface area contributed by atoms with E-state index in [-0.39, 0.29) is 0 Å². The van der Waals surface area contributed by atoms with E-state index in [0.29, 0.717) is 11.5 Å². The van der Waals surface area contributed by atoms with Crippen molar-refractivity contribution in [2.24, 2.45) is 17.6 Å². The summed E-state index contributed by atoms with van der Waals surface area (Å²) < 4.78 is 5.35. The molecule has 2 rings (SSSR count). The molecule has 3 nitrogen and oxygen atoms in total. The van der Waals surface area contributed by atoms with E-state index in [2.05, 4.69) is 11.8 Å². The van der Waals surface area contributed by atoms with Crippen molar-refractivity contribution in [3.8, 4) is 0 Å². The lowest BCUT2D eigenvalue weighted by Gasteiger charge is -2.48. The fraction of sp³-hybridized carbons (Fsp3) is 1.00. The average Bonchev–Trinajstić information content (AvgIpc) is 2.83. The summed E-state index contributed by atoms with van der Waals surface area (Å²) in [6, 6.07) is 0. The Bertz CT molecular complexity index is 257. The van der Waals surface area contributed by atoms with Gasteiger partial charge in [-0.15, -0.1) is 0 Å². The van der Waals surface area contributed by atoms with Crippen molar-refractivity contribution < 1.29 is 4.74 Å². The standard InChI is InChI=1S/C15H30N2O/c1-3-14-7-4-8-15(14,12-16)17-9-5-6-13(10-17)11-18-2/h13-14H,3-12,16H2,1-2H3. The summed E-state index contributed by atoms with van der Waals surface area (Å²) in [5.41, 5.74) is 6.52. The van der Waals surface area contributed by atoms with E-state index in [1.807, 2.05) is 7.11 Å². The molecule has 3 atom stereocenters. The van der Waals surface area contributed by atoms with Crippen LogP contribution in [-0.2, 0) is 4.74 Å². The molecule has 2 aliphatic rings. The molecule has 3 heteroatoms. The summed E-state index contributed by atoms with van der Waals surface area (Å²) in [6.45, 7) is 6.52. The number of likely N-dealkylation sites (tertiary alicyclic amines) is 1. The van der Waals surface area contributed by atoms with Crippen LogP contribution in [0.3, 0.4) is 0 Å². The van der Waals surface area contributed by atoms with Gasteiger partial charge in [0.1, 0.15) is 0 Å². The largest absolute Gasteiger partial charge is 0.384 e. The lowest BCUT2D eigenvalue weighted by molar-refractivity contribution is 0.000661. The second-order valence-electron chi connectivity index (χ2n) is 6.21. The van der Waals surface area contributed by atoms with Crippen LogP contribution in [-0.4, -0.2) is 43.8 Å². The summed E-state index contributed by atoms with van der Waals surface area (Å²) in [6.07, 6.45) is 7.96. The minimum Gasteiger partial charge on any atom is -0.384 e. The van der Waals surface area contributed by atoms with E-state index in [1.165, 1.54) is 51.6 Å². The van der Waals surface area contributed by atoms with Crippen molar-refractivity contribution in [2.75, 3.05) is 33.4 Å². The number of piperidine rings is 1. The minimum atomic E-state index is 0.307. The second kappa shape index (κ2) is 6.36. The topological polar surface area (TPSA) is 38.5 Å². The number of ether oxygens (including phenoxy) is 1. The zero-order chi connectivity index (χ0) is 13.0. The van der Waals surface area contributed by atoms with Gasteiger partial charge in [-0.1, -0.05) is 19.8 Å². The third-order valence-corrected chi connectivity index (χ3v) is 5.32. The van der Waals surface area contributed by atoms with Crippen LogP contribution in [0.15, 0.2) is 0 Å². The van der Waals surface area contributed by atoms with Gasteiger partial charge in [0, 0.05) is 25.7 Å². The molecule has 1 heterocycles. The predicted octanol–water partition coefficient (Wildman–Crippen LogP) is 2.25. The summed E-state index contributed by atoms with van der Waals surface area (Å²) >= 11 is 0. The number of nitrogens with zero attached hydrogens (tertiary/aromatic N) is 1. The predicted molar refractivity (Wildman–Crippen MR) is 75.6 cm³/mol. The highest BCUT2D eigenvalue weighted by atomic mass is 16.5. The smallest absolute Gasteiger partial charge is 0.0502 e. The van der Waals surface area contributed by atoms with Gasteiger partial charge >= 0.3 is 0 Å². The maximum Gasteiger partial charge on any atom is 0.0502 e. The van der Waals surface area contributed by atoms with E-state index in [4.69, 9.17) is 10.5 Å². The fourth-order valence-corrected chi connectivity index (χ4v) is 4.37. The van der Waals surface area contributed by atoms with Gasteiger partial charge in [-0.05, 0) is 44.1 Å². The Labute approximate surface area is 112 Å². The van der Waals surface area contributed by atoms with Gasteiger partial charge < -0.3 is 10.5 Å². The molecule has 3 unspecified atom stereocenters. The lowest BCUT2D eigenvalue weighted by Crippen LogP contribution is -2.59. The fourth-order valence-electron chi connectivity index (χ4n) is 4.37. The highest BCUT2D eigenvalue weighted by Gasteiger charge is 2.46. The van der Waals surface area contributed by atoms with Crippen molar-refractivity contribution in [2.45, 2.75) is 51.0 Å². The Hall–Kier alpha value is -0.120. The maximum absolute atomic E-state index is 6.21. The molecule has 106 valence electrons. The van der Waals surface area contributed by atoms with Gasteiger partial charge in [0.15, 0.2) is 0 Å². The van der Waals surface area contributed by atoms with Gasteiger partial charge in [0.2, 0.25) is 0 Å². The maximum atomic E-state index is 6.21. The summed E-state index contributed by atoms with van der Waals surface area (Å²) in [4.78, 5) is 2.72. The Morgan fingerprint density at radius 3 is 2.83 bits per heavy atom. The first-order chi connectivity index (χ1) is 8.76. The molecule has 0 bridgehead atoms. The summed E-state index contributed by atoms with van der Waals surface area (Å²) in [7, 11) is 1.82. The van der Waals surface area contributed by atoms with Crippen molar-refractivity contribution in [3.05, 3.63) is 0 Å². The molecule has 1 saturated heterocycles. The van der Waals surface area contributed by atoms with E-state index in [1.54, 1.807) is 0 Å². The highest BCUT2D eigenvalue weighted by molar-refractivity contribution is 5.02. The van der Waals surface area contributed by atoms with Gasteiger partial charge in [0.25, 0.3) is 0 Å². The SMILES string of the molecule is CCC1CCCC1(CN)N1CCCC(COC)C1. The Balaban J connectivity index is 2.07.